The molecule has 0 saturated heterocycles. The fraction of sp³-hybridized carbons (Fsp3) is 0.375. The maximum Gasteiger partial charge on any atom is 0.141 e. The van der Waals surface area contributed by atoms with Crippen LogP contribution in [0.15, 0.2) is 35.0 Å². The molecule has 0 amide bonds. The van der Waals surface area contributed by atoms with Crippen LogP contribution in [0.4, 0.5) is 5.69 Å². The minimum atomic E-state index is 0.144. The zero-order valence-electron chi connectivity index (χ0n) is 12.0. The van der Waals surface area contributed by atoms with Crippen LogP contribution < -0.4 is 10.1 Å². The van der Waals surface area contributed by atoms with Crippen LogP contribution in [0.3, 0.4) is 0 Å². The standard InChI is InChI=1S/C16H21NOS/c1-16(2,3)13-5-6-15(18-4)14(9-13)17-10-12-7-8-19-11-12/h5-9,11,17H,10H2,1-4H3. The first kappa shape index (κ1) is 13.9. The van der Waals surface area contributed by atoms with E-state index in [1.165, 1.54) is 11.1 Å². The maximum absolute atomic E-state index is 5.42. The van der Waals surface area contributed by atoms with E-state index in [1.807, 2.05) is 6.07 Å². The molecule has 0 spiro atoms. The molecule has 0 fully saturated rings. The number of hydrogen-bond donors (Lipinski definition) is 1. The normalized spacial score (nSPS) is 11.4. The highest BCUT2D eigenvalue weighted by Gasteiger charge is 2.15. The minimum Gasteiger partial charge on any atom is -0.495 e. The SMILES string of the molecule is COc1ccc(C(C)(C)C)cc1NCc1ccsc1. The summed E-state index contributed by atoms with van der Waals surface area (Å²) in [5.41, 5.74) is 3.81. The Morgan fingerprint density at radius 1 is 1.21 bits per heavy atom. The van der Waals surface area contributed by atoms with E-state index < -0.39 is 0 Å². The third-order valence-electron chi connectivity index (χ3n) is 3.13. The van der Waals surface area contributed by atoms with Gasteiger partial charge in [0.25, 0.3) is 0 Å². The summed E-state index contributed by atoms with van der Waals surface area (Å²) < 4.78 is 5.42. The number of benzene rings is 1. The molecular formula is C16H21NOS. The number of methoxy groups -OCH3 is 1. The second-order valence-electron chi connectivity index (χ2n) is 5.65. The molecule has 2 nitrogen and oxygen atoms in total. The molecule has 1 aromatic heterocycles. The Bertz CT molecular complexity index is 526. The van der Waals surface area contributed by atoms with Gasteiger partial charge < -0.3 is 10.1 Å². The summed E-state index contributed by atoms with van der Waals surface area (Å²) in [4.78, 5) is 0. The van der Waals surface area contributed by atoms with E-state index >= 15 is 0 Å². The molecule has 2 aromatic rings. The van der Waals surface area contributed by atoms with Crippen molar-refractivity contribution in [3.8, 4) is 5.75 Å². The van der Waals surface area contributed by atoms with Crippen LogP contribution in [-0.2, 0) is 12.0 Å². The Kier molecular flexibility index (Phi) is 4.15. The highest BCUT2D eigenvalue weighted by Crippen LogP contribution is 2.31. The molecule has 2 rings (SSSR count). The number of rotatable bonds is 4. The first-order chi connectivity index (χ1) is 9.00. The van der Waals surface area contributed by atoms with Gasteiger partial charge in [-0.2, -0.15) is 11.3 Å². The molecule has 0 unspecified atom stereocenters. The van der Waals surface area contributed by atoms with Crippen LogP contribution in [0.1, 0.15) is 31.9 Å². The average molecular weight is 275 g/mol. The molecule has 19 heavy (non-hydrogen) atoms. The molecule has 0 radical (unpaired) electrons. The van der Waals surface area contributed by atoms with Gasteiger partial charge in [-0.15, -0.1) is 0 Å². The molecule has 0 aliphatic rings. The zero-order valence-corrected chi connectivity index (χ0v) is 12.8. The summed E-state index contributed by atoms with van der Waals surface area (Å²) in [6.07, 6.45) is 0. The second-order valence-corrected chi connectivity index (χ2v) is 6.43. The molecule has 1 heterocycles. The van der Waals surface area contributed by atoms with Crippen LogP contribution in [0.25, 0.3) is 0 Å². The van der Waals surface area contributed by atoms with Crippen LogP contribution in [0.2, 0.25) is 0 Å². The third-order valence-corrected chi connectivity index (χ3v) is 3.86. The molecule has 102 valence electrons. The summed E-state index contributed by atoms with van der Waals surface area (Å²) in [5.74, 6) is 0.892. The summed E-state index contributed by atoms with van der Waals surface area (Å²) >= 11 is 1.72. The quantitative estimate of drug-likeness (QED) is 0.875. The van der Waals surface area contributed by atoms with Crippen LogP contribution in [-0.4, -0.2) is 7.11 Å². The Hall–Kier alpha value is -1.48. The molecule has 0 saturated carbocycles. The highest BCUT2D eigenvalue weighted by atomic mass is 32.1. The van der Waals surface area contributed by atoms with Crippen molar-refractivity contribution in [3.63, 3.8) is 0 Å². The third kappa shape index (κ3) is 3.51. The number of anilines is 1. The van der Waals surface area contributed by atoms with Crippen molar-refractivity contribution in [2.45, 2.75) is 32.7 Å². The van der Waals surface area contributed by atoms with Crippen molar-refractivity contribution >= 4 is 17.0 Å². The monoisotopic (exact) mass is 275 g/mol. The van der Waals surface area contributed by atoms with Gasteiger partial charge in [0.2, 0.25) is 0 Å². The van der Waals surface area contributed by atoms with Gasteiger partial charge in [0.15, 0.2) is 0 Å². The molecule has 3 heteroatoms. The second kappa shape index (κ2) is 5.66. The van der Waals surface area contributed by atoms with Crippen molar-refractivity contribution in [3.05, 3.63) is 46.2 Å². The minimum absolute atomic E-state index is 0.144. The fourth-order valence-electron chi connectivity index (χ4n) is 1.90. The number of nitrogens with one attached hydrogen (secondary N) is 1. The van der Waals surface area contributed by atoms with E-state index in [4.69, 9.17) is 4.74 Å². The Morgan fingerprint density at radius 2 is 2.00 bits per heavy atom. The van der Waals surface area contributed by atoms with Gasteiger partial charge in [-0.1, -0.05) is 26.8 Å². The first-order valence-corrected chi connectivity index (χ1v) is 7.38. The van der Waals surface area contributed by atoms with Crippen molar-refractivity contribution in [1.29, 1.82) is 0 Å². The summed E-state index contributed by atoms with van der Waals surface area (Å²) in [7, 11) is 1.71. The molecule has 0 bridgehead atoms. The lowest BCUT2D eigenvalue weighted by molar-refractivity contribution is 0.416. The highest BCUT2D eigenvalue weighted by molar-refractivity contribution is 7.07. The van der Waals surface area contributed by atoms with Crippen molar-refractivity contribution in [2.75, 3.05) is 12.4 Å². The molecule has 1 aromatic carbocycles. The lowest BCUT2D eigenvalue weighted by Gasteiger charge is -2.21. The smallest absolute Gasteiger partial charge is 0.141 e. The molecule has 0 atom stereocenters. The fourth-order valence-corrected chi connectivity index (χ4v) is 2.57. The summed E-state index contributed by atoms with van der Waals surface area (Å²) in [6, 6.07) is 8.49. The summed E-state index contributed by atoms with van der Waals surface area (Å²) in [6.45, 7) is 7.49. The average Bonchev–Trinajstić information content (AvgIpc) is 2.88. The van der Waals surface area contributed by atoms with Crippen molar-refractivity contribution in [1.82, 2.24) is 0 Å². The predicted octanol–water partition coefficient (Wildman–Crippen LogP) is 4.67. The number of hydrogen-bond acceptors (Lipinski definition) is 3. The van der Waals surface area contributed by atoms with Gasteiger partial charge in [0, 0.05) is 6.54 Å². The number of thiophene rings is 1. The van der Waals surface area contributed by atoms with Crippen LogP contribution in [0.5, 0.6) is 5.75 Å². The van der Waals surface area contributed by atoms with E-state index in [9.17, 15) is 0 Å². The molecule has 0 aliphatic carbocycles. The number of ether oxygens (including phenoxy) is 1. The Morgan fingerprint density at radius 3 is 2.58 bits per heavy atom. The van der Waals surface area contributed by atoms with Gasteiger partial charge in [-0.3, -0.25) is 0 Å². The molecular weight excluding hydrogens is 254 g/mol. The Balaban J connectivity index is 2.21. The van der Waals surface area contributed by atoms with Gasteiger partial charge in [-0.25, -0.2) is 0 Å². The van der Waals surface area contributed by atoms with Gasteiger partial charge in [0.1, 0.15) is 5.75 Å². The van der Waals surface area contributed by atoms with Crippen molar-refractivity contribution < 1.29 is 4.74 Å². The van der Waals surface area contributed by atoms with Crippen LogP contribution >= 0.6 is 11.3 Å². The lowest BCUT2D eigenvalue weighted by atomic mass is 9.87. The van der Waals surface area contributed by atoms with Crippen molar-refractivity contribution in [2.24, 2.45) is 0 Å². The maximum atomic E-state index is 5.42. The predicted molar refractivity (Wildman–Crippen MR) is 83.3 cm³/mol. The first-order valence-electron chi connectivity index (χ1n) is 6.44. The van der Waals surface area contributed by atoms with E-state index in [0.717, 1.165) is 18.0 Å². The van der Waals surface area contributed by atoms with E-state index in [0.29, 0.717) is 0 Å². The van der Waals surface area contributed by atoms with Crippen LogP contribution in [0, 0.1) is 0 Å². The van der Waals surface area contributed by atoms with E-state index in [1.54, 1.807) is 18.4 Å². The molecule has 1 N–H and O–H groups in total. The summed E-state index contributed by atoms with van der Waals surface area (Å²) in [5, 5.41) is 7.72. The Labute approximate surface area is 119 Å². The van der Waals surface area contributed by atoms with Gasteiger partial charge >= 0.3 is 0 Å². The largest absolute Gasteiger partial charge is 0.495 e. The topological polar surface area (TPSA) is 21.3 Å². The molecule has 0 aliphatic heterocycles. The van der Waals surface area contributed by atoms with E-state index in [-0.39, 0.29) is 5.41 Å². The van der Waals surface area contributed by atoms with Gasteiger partial charge in [-0.05, 0) is 45.5 Å². The van der Waals surface area contributed by atoms with Gasteiger partial charge in [0.05, 0.1) is 12.8 Å². The lowest BCUT2D eigenvalue weighted by Crippen LogP contribution is -2.12. The van der Waals surface area contributed by atoms with E-state index in [2.05, 4.69) is 55.0 Å². The zero-order chi connectivity index (χ0) is 13.9.